The average molecular weight is 302 g/mol. The molecule has 0 aromatic carbocycles. The van der Waals surface area contributed by atoms with Crippen LogP contribution >= 0.6 is 0 Å². The number of hydrogen-bond donors (Lipinski definition) is 1. The molecular formula is C16H22N4O2. The Balaban J connectivity index is 1.57. The number of carbonyl (C=O) groups is 2. The first-order valence-electron chi connectivity index (χ1n) is 7.99. The molecule has 3 rings (SSSR count). The Bertz CT molecular complexity index is 528. The fourth-order valence-electron chi connectivity index (χ4n) is 3.20. The van der Waals surface area contributed by atoms with Crippen molar-refractivity contribution in [3.8, 4) is 0 Å². The Morgan fingerprint density at radius 3 is 2.45 bits per heavy atom. The third kappa shape index (κ3) is 3.37. The van der Waals surface area contributed by atoms with Gasteiger partial charge in [-0.3, -0.25) is 9.78 Å². The molecule has 0 aliphatic carbocycles. The van der Waals surface area contributed by atoms with Crippen molar-refractivity contribution in [2.75, 3.05) is 31.5 Å². The standard InChI is InChI=1S/C16H22N4O2/c21-15(19-9-1-2-10-19)13-4-3-11-20(12-13)16(22)18-14-5-7-17-8-6-14/h5-8,13H,1-4,9-12H2,(H,17,18,22). The van der Waals surface area contributed by atoms with Crippen LogP contribution in [0.3, 0.4) is 0 Å². The third-order valence-corrected chi connectivity index (χ3v) is 4.41. The summed E-state index contributed by atoms with van der Waals surface area (Å²) in [5, 5.41) is 2.86. The van der Waals surface area contributed by atoms with E-state index in [0.717, 1.165) is 44.5 Å². The highest BCUT2D eigenvalue weighted by Gasteiger charge is 2.32. The van der Waals surface area contributed by atoms with Crippen molar-refractivity contribution in [1.82, 2.24) is 14.8 Å². The Hall–Kier alpha value is -2.11. The van der Waals surface area contributed by atoms with E-state index >= 15 is 0 Å². The van der Waals surface area contributed by atoms with E-state index in [1.165, 1.54) is 0 Å². The van der Waals surface area contributed by atoms with Crippen molar-refractivity contribution >= 4 is 17.6 Å². The lowest BCUT2D eigenvalue weighted by Crippen LogP contribution is -2.47. The molecule has 1 atom stereocenters. The van der Waals surface area contributed by atoms with Gasteiger partial charge in [-0.2, -0.15) is 0 Å². The molecule has 2 fully saturated rings. The highest BCUT2D eigenvalue weighted by molar-refractivity contribution is 5.90. The van der Waals surface area contributed by atoms with Crippen molar-refractivity contribution in [3.05, 3.63) is 24.5 Å². The molecule has 1 aromatic heterocycles. The lowest BCUT2D eigenvalue weighted by atomic mass is 9.97. The molecule has 0 spiro atoms. The van der Waals surface area contributed by atoms with Crippen LogP contribution < -0.4 is 5.32 Å². The Morgan fingerprint density at radius 1 is 1.05 bits per heavy atom. The normalized spacial score (nSPS) is 21.7. The van der Waals surface area contributed by atoms with Crippen LogP contribution in [0.2, 0.25) is 0 Å². The number of aromatic nitrogens is 1. The van der Waals surface area contributed by atoms with Crippen LogP contribution in [0.5, 0.6) is 0 Å². The molecule has 1 unspecified atom stereocenters. The first kappa shape index (κ1) is 14.8. The number of likely N-dealkylation sites (tertiary alicyclic amines) is 2. The van der Waals surface area contributed by atoms with Crippen LogP contribution in [0, 0.1) is 5.92 Å². The minimum absolute atomic E-state index is 0.0463. The maximum atomic E-state index is 12.5. The van der Waals surface area contributed by atoms with Crippen LogP contribution in [0.15, 0.2) is 24.5 Å². The van der Waals surface area contributed by atoms with Gasteiger partial charge >= 0.3 is 6.03 Å². The summed E-state index contributed by atoms with van der Waals surface area (Å²) in [5.74, 6) is 0.175. The summed E-state index contributed by atoms with van der Waals surface area (Å²) in [7, 11) is 0. The second-order valence-electron chi connectivity index (χ2n) is 5.98. The van der Waals surface area contributed by atoms with E-state index in [9.17, 15) is 9.59 Å². The van der Waals surface area contributed by atoms with Crippen LogP contribution in [0.25, 0.3) is 0 Å². The average Bonchev–Trinajstić information content (AvgIpc) is 3.09. The van der Waals surface area contributed by atoms with E-state index in [2.05, 4.69) is 10.3 Å². The lowest BCUT2D eigenvalue weighted by molar-refractivity contribution is -0.135. The number of piperidine rings is 1. The molecule has 1 N–H and O–H groups in total. The van der Waals surface area contributed by atoms with Crippen LogP contribution in [0.1, 0.15) is 25.7 Å². The largest absolute Gasteiger partial charge is 0.342 e. The van der Waals surface area contributed by atoms with Crippen molar-refractivity contribution in [2.24, 2.45) is 5.92 Å². The molecule has 2 aliphatic rings. The zero-order chi connectivity index (χ0) is 15.4. The number of anilines is 1. The number of carbonyl (C=O) groups excluding carboxylic acids is 2. The third-order valence-electron chi connectivity index (χ3n) is 4.41. The van der Waals surface area contributed by atoms with Crippen LogP contribution in [-0.2, 0) is 4.79 Å². The topological polar surface area (TPSA) is 65.5 Å². The van der Waals surface area contributed by atoms with Gasteiger partial charge in [-0.15, -0.1) is 0 Å². The minimum Gasteiger partial charge on any atom is -0.342 e. The summed E-state index contributed by atoms with van der Waals surface area (Å²) in [6.07, 6.45) is 7.26. The first-order chi connectivity index (χ1) is 10.7. The summed E-state index contributed by atoms with van der Waals surface area (Å²) in [6.45, 7) is 2.98. The number of hydrogen-bond acceptors (Lipinski definition) is 3. The smallest absolute Gasteiger partial charge is 0.321 e. The highest BCUT2D eigenvalue weighted by atomic mass is 16.2. The second-order valence-corrected chi connectivity index (χ2v) is 5.98. The van der Waals surface area contributed by atoms with E-state index in [-0.39, 0.29) is 17.9 Å². The van der Waals surface area contributed by atoms with Gasteiger partial charge in [0.2, 0.25) is 5.91 Å². The van der Waals surface area contributed by atoms with Gasteiger partial charge in [-0.05, 0) is 37.8 Å². The van der Waals surface area contributed by atoms with Gasteiger partial charge in [0.1, 0.15) is 0 Å². The molecule has 6 heteroatoms. The van der Waals surface area contributed by atoms with Crippen molar-refractivity contribution in [3.63, 3.8) is 0 Å². The van der Waals surface area contributed by atoms with Gasteiger partial charge in [0.05, 0.1) is 5.92 Å². The quantitative estimate of drug-likeness (QED) is 0.908. The molecule has 0 bridgehead atoms. The second kappa shape index (κ2) is 6.77. The van der Waals surface area contributed by atoms with E-state index in [1.54, 1.807) is 29.4 Å². The highest BCUT2D eigenvalue weighted by Crippen LogP contribution is 2.22. The maximum absolute atomic E-state index is 12.5. The summed E-state index contributed by atoms with van der Waals surface area (Å²) in [5.41, 5.74) is 0.730. The minimum atomic E-state index is -0.134. The molecule has 3 heterocycles. The molecule has 2 aliphatic heterocycles. The Kier molecular flexibility index (Phi) is 4.56. The molecule has 6 nitrogen and oxygen atoms in total. The van der Waals surface area contributed by atoms with Crippen molar-refractivity contribution in [2.45, 2.75) is 25.7 Å². The summed E-state index contributed by atoms with van der Waals surface area (Å²) < 4.78 is 0. The zero-order valence-electron chi connectivity index (χ0n) is 12.7. The summed E-state index contributed by atoms with van der Waals surface area (Å²) >= 11 is 0. The molecular weight excluding hydrogens is 280 g/mol. The van der Waals surface area contributed by atoms with Gasteiger partial charge in [0.15, 0.2) is 0 Å². The van der Waals surface area contributed by atoms with Gasteiger partial charge in [-0.1, -0.05) is 0 Å². The van der Waals surface area contributed by atoms with E-state index in [4.69, 9.17) is 0 Å². The number of pyridine rings is 1. The van der Waals surface area contributed by atoms with Crippen LogP contribution in [-0.4, -0.2) is 52.9 Å². The van der Waals surface area contributed by atoms with Gasteiger partial charge in [0, 0.05) is 44.3 Å². The van der Waals surface area contributed by atoms with E-state index in [1.807, 2.05) is 4.90 Å². The number of nitrogens with zero attached hydrogens (tertiary/aromatic N) is 3. The van der Waals surface area contributed by atoms with E-state index in [0.29, 0.717) is 13.1 Å². The predicted octanol–water partition coefficient (Wildman–Crippen LogP) is 1.95. The number of rotatable bonds is 2. The molecule has 0 saturated carbocycles. The fraction of sp³-hybridized carbons (Fsp3) is 0.562. The lowest BCUT2D eigenvalue weighted by Gasteiger charge is -2.33. The fourth-order valence-corrected chi connectivity index (χ4v) is 3.20. The molecule has 0 radical (unpaired) electrons. The molecule has 2 saturated heterocycles. The SMILES string of the molecule is O=C(Nc1ccncc1)N1CCCC(C(=O)N2CCCC2)C1. The molecule has 3 amide bonds. The van der Waals surface area contributed by atoms with Crippen LogP contribution in [0.4, 0.5) is 10.5 Å². The Morgan fingerprint density at radius 2 is 1.73 bits per heavy atom. The molecule has 22 heavy (non-hydrogen) atoms. The maximum Gasteiger partial charge on any atom is 0.321 e. The number of amides is 3. The number of urea groups is 1. The predicted molar refractivity (Wildman–Crippen MR) is 83.4 cm³/mol. The van der Waals surface area contributed by atoms with E-state index < -0.39 is 0 Å². The zero-order valence-corrected chi connectivity index (χ0v) is 12.7. The van der Waals surface area contributed by atoms with Gasteiger partial charge < -0.3 is 15.1 Å². The summed E-state index contributed by atoms with van der Waals surface area (Å²) in [6, 6.07) is 3.38. The van der Waals surface area contributed by atoms with Crippen molar-refractivity contribution in [1.29, 1.82) is 0 Å². The summed E-state index contributed by atoms with van der Waals surface area (Å²) in [4.78, 5) is 32.4. The first-order valence-corrected chi connectivity index (χ1v) is 7.99. The molecule has 118 valence electrons. The van der Waals surface area contributed by atoms with Crippen molar-refractivity contribution < 1.29 is 9.59 Å². The number of nitrogens with one attached hydrogen (secondary N) is 1. The molecule has 1 aromatic rings. The monoisotopic (exact) mass is 302 g/mol. The van der Waals surface area contributed by atoms with Gasteiger partial charge in [-0.25, -0.2) is 4.79 Å². The van der Waals surface area contributed by atoms with Gasteiger partial charge in [0.25, 0.3) is 0 Å². The Labute approximate surface area is 130 Å².